The molecule has 0 aromatic heterocycles. The minimum absolute atomic E-state index is 0.550. The van der Waals surface area contributed by atoms with Crippen molar-refractivity contribution < 1.29 is 0 Å². The summed E-state index contributed by atoms with van der Waals surface area (Å²) in [5.41, 5.74) is 0.550. The van der Waals surface area contributed by atoms with Gasteiger partial charge in [0.15, 0.2) is 0 Å². The Kier molecular flexibility index (Phi) is 4.90. The first-order valence-corrected chi connectivity index (χ1v) is 5.98. The van der Waals surface area contributed by atoms with Crippen LogP contribution in [0.4, 0.5) is 0 Å². The van der Waals surface area contributed by atoms with Crippen molar-refractivity contribution in [2.45, 2.75) is 38.5 Å². The summed E-state index contributed by atoms with van der Waals surface area (Å²) >= 11 is 0. The molecule has 14 heavy (non-hydrogen) atoms. The van der Waals surface area contributed by atoms with Crippen LogP contribution < -0.4 is 5.32 Å². The molecule has 1 fully saturated rings. The topological polar surface area (TPSA) is 15.3 Å². The third-order valence-corrected chi connectivity index (χ3v) is 3.37. The molecule has 1 rings (SSSR count). The highest BCUT2D eigenvalue weighted by Crippen LogP contribution is 2.34. The molecular formula is C12H26N2. The molecular weight excluding hydrogens is 172 g/mol. The molecule has 2 nitrogen and oxygen atoms in total. The zero-order valence-electron chi connectivity index (χ0n) is 10.1. The van der Waals surface area contributed by atoms with Crippen LogP contribution in [0.3, 0.4) is 0 Å². The van der Waals surface area contributed by atoms with Crippen molar-refractivity contribution in [3.63, 3.8) is 0 Å². The van der Waals surface area contributed by atoms with Crippen LogP contribution in [-0.4, -0.2) is 39.1 Å². The second-order valence-corrected chi connectivity index (χ2v) is 5.18. The van der Waals surface area contributed by atoms with E-state index in [0.29, 0.717) is 5.41 Å². The smallest absolute Gasteiger partial charge is 0.00440 e. The van der Waals surface area contributed by atoms with Crippen molar-refractivity contribution in [2.24, 2.45) is 5.41 Å². The molecule has 0 spiro atoms. The summed E-state index contributed by atoms with van der Waals surface area (Å²) in [5.74, 6) is 0. The monoisotopic (exact) mass is 198 g/mol. The van der Waals surface area contributed by atoms with Gasteiger partial charge in [-0.3, -0.25) is 0 Å². The van der Waals surface area contributed by atoms with Gasteiger partial charge in [-0.25, -0.2) is 0 Å². The second-order valence-electron chi connectivity index (χ2n) is 5.18. The fourth-order valence-corrected chi connectivity index (χ4v) is 2.92. The summed E-state index contributed by atoms with van der Waals surface area (Å²) in [4.78, 5) is 2.35. The molecule has 1 aliphatic rings. The zero-order chi connectivity index (χ0) is 10.4. The van der Waals surface area contributed by atoms with E-state index in [1.165, 1.54) is 51.6 Å². The Labute approximate surface area is 89.1 Å². The third kappa shape index (κ3) is 3.58. The Bertz CT molecular complexity index is 146. The Balaban J connectivity index is 2.57. The maximum Gasteiger partial charge on any atom is 0.00440 e. The molecule has 0 radical (unpaired) electrons. The van der Waals surface area contributed by atoms with E-state index in [2.05, 4.69) is 31.4 Å². The predicted octanol–water partition coefficient (Wildman–Crippen LogP) is 2.11. The Hall–Kier alpha value is -0.0800. The summed E-state index contributed by atoms with van der Waals surface area (Å²) in [7, 11) is 6.48. The fraction of sp³-hybridized carbons (Fsp3) is 1.00. The van der Waals surface area contributed by atoms with Crippen molar-refractivity contribution in [2.75, 3.05) is 34.2 Å². The number of nitrogens with zero attached hydrogens (tertiary/aromatic N) is 1. The third-order valence-electron chi connectivity index (χ3n) is 3.37. The van der Waals surface area contributed by atoms with Gasteiger partial charge in [-0.05, 0) is 39.4 Å². The van der Waals surface area contributed by atoms with Gasteiger partial charge in [-0.2, -0.15) is 0 Å². The van der Waals surface area contributed by atoms with Crippen LogP contribution >= 0.6 is 0 Å². The van der Waals surface area contributed by atoms with Crippen molar-refractivity contribution >= 4 is 0 Å². The first kappa shape index (κ1) is 12.0. The van der Waals surface area contributed by atoms with Gasteiger partial charge in [-0.1, -0.05) is 25.7 Å². The molecule has 0 unspecified atom stereocenters. The maximum absolute atomic E-state index is 3.38. The lowest BCUT2D eigenvalue weighted by Crippen LogP contribution is -2.40. The van der Waals surface area contributed by atoms with Gasteiger partial charge in [0.25, 0.3) is 0 Å². The number of nitrogens with one attached hydrogen (secondary N) is 1. The predicted molar refractivity (Wildman–Crippen MR) is 62.6 cm³/mol. The van der Waals surface area contributed by atoms with Gasteiger partial charge >= 0.3 is 0 Å². The van der Waals surface area contributed by atoms with E-state index in [0.717, 1.165) is 0 Å². The highest BCUT2D eigenvalue weighted by Gasteiger charge is 2.30. The summed E-state index contributed by atoms with van der Waals surface area (Å²) < 4.78 is 0. The van der Waals surface area contributed by atoms with Crippen molar-refractivity contribution in [3.8, 4) is 0 Å². The van der Waals surface area contributed by atoms with E-state index >= 15 is 0 Å². The largest absolute Gasteiger partial charge is 0.319 e. The molecule has 0 bridgehead atoms. The normalized spacial score (nSPS) is 22.3. The van der Waals surface area contributed by atoms with E-state index in [-0.39, 0.29) is 0 Å². The van der Waals surface area contributed by atoms with Crippen LogP contribution in [0.5, 0.6) is 0 Å². The maximum atomic E-state index is 3.38. The van der Waals surface area contributed by atoms with Crippen LogP contribution in [0, 0.1) is 5.41 Å². The van der Waals surface area contributed by atoms with E-state index in [1.807, 2.05) is 0 Å². The highest BCUT2D eigenvalue weighted by atomic mass is 15.1. The van der Waals surface area contributed by atoms with Crippen LogP contribution in [0.1, 0.15) is 38.5 Å². The van der Waals surface area contributed by atoms with E-state index in [1.54, 1.807) is 0 Å². The Morgan fingerprint density at radius 3 is 2.07 bits per heavy atom. The molecule has 0 heterocycles. The Morgan fingerprint density at radius 1 is 1.07 bits per heavy atom. The van der Waals surface area contributed by atoms with Crippen LogP contribution in [0.25, 0.3) is 0 Å². The van der Waals surface area contributed by atoms with Gasteiger partial charge in [-0.15, -0.1) is 0 Å². The van der Waals surface area contributed by atoms with Gasteiger partial charge in [0, 0.05) is 13.1 Å². The molecule has 84 valence electrons. The van der Waals surface area contributed by atoms with Crippen molar-refractivity contribution in [3.05, 3.63) is 0 Å². The molecule has 2 heteroatoms. The lowest BCUT2D eigenvalue weighted by molar-refractivity contribution is 0.167. The SMILES string of the molecule is CNCC1(CN(C)C)CCCCCC1. The molecule has 0 aromatic carbocycles. The second kappa shape index (κ2) is 5.72. The average molecular weight is 198 g/mol. The van der Waals surface area contributed by atoms with Gasteiger partial charge in [0.05, 0.1) is 0 Å². The molecule has 0 amide bonds. The highest BCUT2D eigenvalue weighted by molar-refractivity contribution is 4.85. The number of hydrogen-bond acceptors (Lipinski definition) is 2. The quantitative estimate of drug-likeness (QED) is 0.696. The lowest BCUT2D eigenvalue weighted by atomic mass is 9.80. The first-order chi connectivity index (χ1) is 6.68. The molecule has 0 aliphatic heterocycles. The minimum Gasteiger partial charge on any atom is -0.319 e. The zero-order valence-corrected chi connectivity index (χ0v) is 10.1. The molecule has 1 aliphatic carbocycles. The van der Waals surface area contributed by atoms with Crippen LogP contribution in [0.2, 0.25) is 0 Å². The molecule has 0 aromatic rings. The van der Waals surface area contributed by atoms with Crippen molar-refractivity contribution in [1.29, 1.82) is 0 Å². The molecule has 1 saturated carbocycles. The summed E-state index contributed by atoms with van der Waals surface area (Å²) in [6, 6.07) is 0. The Morgan fingerprint density at radius 2 is 1.64 bits per heavy atom. The molecule has 1 N–H and O–H groups in total. The molecule has 0 atom stereocenters. The fourth-order valence-electron chi connectivity index (χ4n) is 2.92. The summed E-state index contributed by atoms with van der Waals surface area (Å²) in [6.45, 7) is 2.43. The van der Waals surface area contributed by atoms with E-state index in [9.17, 15) is 0 Å². The lowest BCUT2D eigenvalue weighted by Gasteiger charge is -2.35. The molecule has 0 saturated heterocycles. The summed E-state index contributed by atoms with van der Waals surface area (Å²) in [6.07, 6.45) is 8.56. The van der Waals surface area contributed by atoms with Gasteiger partial charge in [0.1, 0.15) is 0 Å². The van der Waals surface area contributed by atoms with Crippen LogP contribution in [0.15, 0.2) is 0 Å². The van der Waals surface area contributed by atoms with Crippen LogP contribution in [-0.2, 0) is 0 Å². The number of hydrogen-bond donors (Lipinski definition) is 1. The van der Waals surface area contributed by atoms with E-state index < -0.39 is 0 Å². The van der Waals surface area contributed by atoms with Gasteiger partial charge in [0.2, 0.25) is 0 Å². The summed E-state index contributed by atoms with van der Waals surface area (Å²) in [5, 5.41) is 3.38. The first-order valence-electron chi connectivity index (χ1n) is 5.98. The standard InChI is InChI=1S/C12H26N2/c1-13-10-12(11-14(2)3)8-6-4-5-7-9-12/h13H,4-11H2,1-3H3. The average Bonchev–Trinajstić information content (AvgIpc) is 2.30. The minimum atomic E-state index is 0.550. The van der Waals surface area contributed by atoms with E-state index in [4.69, 9.17) is 0 Å². The number of rotatable bonds is 4. The van der Waals surface area contributed by atoms with Crippen molar-refractivity contribution in [1.82, 2.24) is 10.2 Å². The van der Waals surface area contributed by atoms with Gasteiger partial charge < -0.3 is 10.2 Å².